The lowest BCUT2D eigenvalue weighted by molar-refractivity contribution is -0.138. The molecule has 0 amide bonds. The first-order chi connectivity index (χ1) is 11.9. The summed E-state index contributed by atoms with van der Waals surface area (Å²) in [6.07, 6.45) is -9.02. The number of hydrogen-bond acceptors (Lipinski definition) is 1. The Hall–Kier alpha value is -1.93. The van der Waals surface area contributed by atoms with Gasteiger partial charge < -0.3 is 4.90 Å². The Labute approximate surface area is 154 Å². The van der Waals surface area contributed by atoms with Gasteiger partial charge in [-0.1, -0.05) is 11.6 Å². The fraction of sp³-hybridized carbons (Fsp3) is 0.188. The van der Waals surface area contributed by atoms with E-state index in [0.29, 0.717) is 0 Å². The first-order valence-electron chi connectivity index (χ1n) is 6.91. The third-order valence-corrected chi connectivity index (χ3v) is 3.97. The van der Waals surface area contributed by atoms with E-state index in [9.17, 15) is 26.3 Å². The largest absolute Gasteiger partial charge is 0.416 e. The Kier molecular flexibility index (Phi) is 5.77. The average Bonchev–Trinajstić information content (AvgIpc) is 2.53. The number of rotatable bonds is 2. The third-order valence-electron chi connectivity index (χ3n) is 3.33. The van der Waals surface area contributed by atoms with Crippen LogP contribution in [0.15, 0.2) is 47.5 Å². The molecule has 2 aromatic carbocycles. The van der Waals surface area contributed by atoms with E-state index in [1.165, 1.54) is 11.9 Å². The highest BCUT2D eigenvalue weighted by Crippen LogP contribution is 2.35. The van der Waals surface area contributed by atoms with Gasteiger partial charge in [-0.2, -0.15) is 26.3 Å². The van der Waals surface area contributed by atoms with Crippen LogP contribution in [0, 0.1) is 0 Å². The summed E-state index contributed by atoms with van der Waals surface area (Å²) in [5, 5.41) is -0.394. The lowest BCUT2D eigenvalue weighted by Crippen LogP contribution is -2.22. The molecule has 140 valence electrons. The number of amidine groups is 1. The van der Waals surface area contributed by atoms with Gasteiger partial charge in [0, 0.05) is 7.05 Å². The zero-order valence-electron chi connectivity index (χ0n) is 13.0. The molecule has 0 aromatic heterocycles. The molecular formula is C16H10Cl2F6N2. The standard InChI is InChI=1S/C16H10Cl2F6N2/c1-26(13-7-4-10(8-12(13)17)16(22,23)24)14(18)25-11-5-2-9(3-6-11)15(19,20)21/h2-8H,1H3. The highest BCUT2D eigenvalue weighted by Gasteiger charge is 2.31. The number of anilines is 1. The zero-order valence-corrected chi connectivity index (χ0v) is 14.5. The molecule has 0 fully saturated rings. The fourth-order valence-electron chi connectivity index (χ4n) is 1.96. The lowest BCUT2D eigenvalue weighted by Gasteiger charge is -2.19. The molecule has 0 radical (unpaired) electrons. The average molecular weight is 415 g/mol. The summed E-state index contributed by atoms with van der Waals surface area (Å²) in [4.78, 5) is 5.14. The van der Waals surface area contributed by atoms with Gasteiger partial charge in [-0.15, -0.1) is 0 Å². The Morgan fingerprint density at radius 2 is 1.38 bits per heavy atom. The number of nitrogens with zero attached hydrogens (tertiary/aromatic N) is 2. The summed E-state index contributed by atoms with van der Waals surface area (Å²) >= 11 is 11.9. The summed E-state index contributed by atoms with van der Waals surface area (Å²) in [6, 6.07) is 6.62. The highest BCUT2D eigenvalue weighted by molar-refractivity contribution is 6.68. The first-order valence-corrected chi connectivity index (χ1v) is 7.67. The molecule has 0 atom stereocenters. The van der Waals surface area contributed by atoms with Gasteiger partial charge in [-0.3, -0.25) is 0 Å². The second kappa shape index (κ2) is 7.36. The molecule has 0 aliphatic rings. The molecule has 0 N–H and O–H groups in total. The number of benzene rings is 2. The van der Waals surface area contributed by atoms with Crippen molar-refractivity contribution in [1.29, 1.82) is 0 Å². The van der Waals surface area contributed by atoms with Gasteiger partial charge in [0.15, 0.2) is 0 Å². The fourth-order valence-corrected chi connectivity index (χ4v) is 2.46. The molecule has 0 saturated heterocycles. The van der Waals surface area contributed by atoms with Gasteiger partial charge in [0.05, 0.1) is 27.5 Å². The summed E-state index contributed by atoms with van der Waals surface area (Å²) in [6.45, 7) is 0. The van der Waals surface area contributed by atoms with Gasteiger partial charge in [-0.25, -0.2) is 4.99 Å². The smallest absolute Gasteiger partial charge is 0.318 e. The van der Waals surface area contributed by atoms with Crippen molar-refractivity contribution in [2.24, 2.45) is 4.99 Å². The molecule has 2 rings (SSSR count). The van der Waals surface area contributed by atoms with Crippen LogP contribution in [-0.2, 0) is 12.4 Å². The van der Waals surface area contributed by atoms with E-state index < -0.39 is 23.5 Å². The summed E-state index contributed by atoms with van der Waals surface area (Å²) < 4.78 is 75.6. The maximum absolute atomic E-state index is 12.7. The van der Waals surface area contributed by atoms with Crippen molar-refractivity contribution in [2.75, 3.05) is 11.9 Å². The predicted molar refractivity (Wildman–Crippen MR) is 89.2 cm³/mol. The highest BCUT2D eigenvalue weighted by atomic mass is 35.5. The van der Waals surface area contributed by atoms with Crippen molar-refractivity contribution in [3.05, 3.63) is 58.6 Å². The first kappa shape index (κ1) is 20.4. The Morgan fingerprint density at radius 3 is 1.85 bits per heavy atom. The van der Waals surface area contributed by atoms with E-state index in [-0.39, 0.29) is 21.7 Å². The van der Waals surface area contributed by atoms with Gasteiger partial charge >= 0.3 is 12.4 Å². The Bertz CT molecular complexity index is 813. The lowest BCUT2D eigenvalue weighted by atomic mass is 10.2. The second-order valence-corrected chi connectivity index (χ2v) is 5.89. The van der Waals surface area contributed by atoms with Crippen LogP contribution in [0.2, 0.25) is 5.02 Å². The molecule has 10 heteroatoms. The minimum atomic E-state index is -4.54. The van der Waals surface area contributed by atoms with Gasteiger partial charge in [-0.05, 0) is 54.1 Å². The molecule has 0 aliphatic carbocycles. The van der Waals surface area contributed by atoms with E-state index >= 15 is 0 Å². The van der Waals surface area contributed by atoms with Crippen LogP contribution < -0.4 is 4.90 Å². The molecule has 0 unspecified atom stereocenters. The SMILES string of the molecule is CN(C(Cl)=Nc1ccc(C(F)(F)F)cc1)c1ccc(C(F)(F)F)cc1Cl. The molecule has 2 nitrogen and oxygen atoms in total. The molecule has 0 aliphatic heterocycles. The number of hydrogen-bond donors (Lipinski definition) is 0. The molecule has 0 bridgehead atoms. The quantitative estimate of drug-likeness (QED) is 0.230. The number of alkyl halides is 6. The second-order valence-electron chi connectivity index (χ2n) is 5.15. The van der Waals surface area contributed by atoms with E-state index in [0.717, 1.165) is 42.5 Å². The van der Waals surface area contributed by atoms with Crippen LogP contribution in [0.3, 0.4) is 0 Å². The monoisotopic (exact) mass is 414 g/mol. The van der Waals surface area contributed by atoms with Crippen LogP contribution in [0.1, 0.15) is 11.1 Å². The minimum absolute atomic E-state index is 0.137. The van der Waals surface area contributed by atoms with Crippen LogP contribution in [0.25, 0.3) is 0 Å². The maximum atomic E-state index is 12.7. The summed E-state index contributed by atoms with van der Waals surface area (Å²) in [5.74, 6) is 0. The van der Waals surface area contributed by atoms with Crippen LogP contribution in [-0.4, -0.2) is 12.3 Å². The molecule has 0 heterocycles. The van der Waals surface area contributed by atoms with Gasteiger partial charge in [0.1, 0.15) is 0 Å². The Morgan fingerprint density at radius 1 is 0.885 bits per heavy atom. The summed E-state index contributed by atoms with van der Waals surface area (Å²) in [7, 11) is 1.41. The van der Waals surface area contributed by atoms with Crippen LogP contribution in [0.5, 0.6) is 0 Å². The minimum Gasteiger partial charge on any atom is -0.318 e. The van der Waals surface area contributed by atoms with E-state index in [1.807, 2.05) is 0 Å². The molecule has 0 spiro atoms. The topological polar surface area (TPSA) is 15.6 Å². The van der Waals surface area contributed by atoms with E-state index in [1.54, 1.807) is 0 Å². The van der Waals surface area contributed by atoms with E-state index in [2.05, 4.69) is 4.99 Å². The predicted octanol–water partition coefficient (Wildman–Crippen LogP) is 6.74. The van der Waals surface area contributed by atoms with Gasteiger partial charge in [0.25, 0.3) is 0 Å². The van der Waals surface area contributed by atoms with Crippen molar-refractivity contribution in [3.8, 4) is 0 Å². The third kappa shape index (κ3) is 4.82. The van der Waals surface area contributed by atoms with Crippen molar-refractivity contribution < 1.29 is 26.3 Å². The number of halogens is 8. The molecular weight excluding hydrogens is 405 g/mol. The molecule has 2 aromatic rings. The van der Waals surface area contributed by atoms with Gasteiger partial charge in [0.2, 0.25) is 5.29 Å². The van der Waals surface area contributed by atoms with Crippen molar-refractivity contribution >= 4 is 39.9 Å². The molecule has 0 saturated carbocycles. The van der Waals surface area contributed by atoms with Crippen molar-refractivity contribution in [2.45, 2.75) is 12.4 Å². The molecule has 26 heavy (non-hydrogen) atoms. The normalized spacial score (nSPS) is 13.0. The van der Waals surface area contributed by atoms with Crippen LogP contribution >= 0.6 is 23.2 Å². The zero-order chi connectivity index (χ0) is 19.7. The summed E-state index contributed by atoms with van der Waals surface area (Å²) in [5.41, 5.74) is -1.47. The Balaban J connectivity index is 2.26. The maximum Gasteiger partial charge on any atom is 0.416 e. The number of aliphatic imine (C=N–C) groups is 1. The van der Waals surface area contributed by atoms with Crippen molar-refractivity contribution in [3.63, 3.8) is 0 Å². The van der Waals surface area contributed by atoms with Crippen LogP contribution in [0.4, 0.5) is 37.7 Å². The van der Waals surface area contributed by atoms with Crippen molar-refractivity contribution in [1.82, 2.24) is 0 Å². The van der Waals surface area contributed by atoms with E-state index in [4.69, 9.17) is 23.2 Å².